The van der Waals surface area contributed by atoms with Gasteiger partial charge in [0.25, 0.3) is 0 Å². The summed E-state index contributed by atoms with van der Waals surface area (Å²) in [6, 6.07) is 9.01. The average Bonchev–Trinajstić information content (AvgIpc) is 2.69. The summed E-state index contributed by atoms with van der Waals surface area (Å²) in [5, 5.41) is 0. The molecule has 2 aliphatic rings. The van der Waals surface area contributed by atoms with Crippen LogP contribution in [0.15, 0.2) is 30.3 Å². The summed E-state index contributed by atoms with van der Waals surface area (Å²) in [4.78, 5) is 31.2. The first kappa shape index (κ1) is 20.8. The molecule has 2 atom stereocenters. The lowest BCUT2D eigenvalue weighted by molar-refractivity contribution is -0.142. The van der Waals surface area contributed by atoms with Crippen molar-refractivity contribution in [2.24, 2.45) is 5.92 Å². The van der Waals surface area contributed by atoms with Gasteiger partial charge in [0.15, 0.2) is 9.84 Å². The Morgan fingerprint density at radius 1 is 1.07 bits per heavy atom. The highest BCUT2D eigenvalue weighted by Gasteiger charge is 2.37. The van der Waals surface area contributed by atoms with E-state index in [-0.39, 0.29) is 29.2 Å². The quantitative estimate of drug-likeness (QED) is 0.737. The number of hydrogen-bond acceptors (Lipinski definition) is 5. The predicted octanol–water partition coefficient (Wildman–Crippen LogP) is 0.785. The van der Waals surface area contributed by atoms with Gasteiger partial charge in [0.2, 0.25) is 11.8 Å². The molecule has 2 fully saturated rings. The van der Waals surface area contributed by atoms with Crippen molar-refractivity contribution in [3.63, 3.8) is 0 Å². The van der Waals surface area contributed by atoms with E-state index in [0.29, 0.717) is 26.2 Å². The monoisotopic (exact) mass is 407 g/mol. The lowest BCUT2D eigenvalue weighted by Gasteiger charge is -2.39. The minimum Gasteiger partial charge on any atom is -0.349 e. The zero-order valence-corrected chi connectivity index (χ0v) is 17.4. The molecule has 2 heterocycles. The van der Waals surface area contributed by atoms with E-state index in [1.165, 1.54) is 0 Å². The number of nitrogens with zero attached hydrogens (tertiary/aromatic N) is 3. The second-order valence-electron chi connectivity index (χ2n) is 7.86. The molecule has 28 heavy (non-hydrogen) atoms. The molecule has 2 aliphatic heterocycles. The van der Waals surface area contributed by atoms with Crippen molar-refractivity contribution in [1.82, 2.24) is 14.7 Å². The zero-order valence-electron chi connectivity index (χ0n) is 16.6. The maximum Gasteiger partial charge on any atom is 0.244 e. The smallest absolute Gasteiger partial charge is 0.244 e. The number of hydrogen-bond donors (Lipinski definition) is 0. The second kappa shape index (κ2) is 8.61. The van der Waals surface area contributed by atoms with E-state index < -0.39 is 15.9 Å². The van der Waals surface area contributed by atoms with E-state index >= 15 is 0 Å². The summed E-state index contributed by atoms with van der Waals surface area (Å²) in [5.74, 6) is -0.0121. The molecule has 0 radical (unpaired) electrons. The molecule has 2 amide bonds. The van der Waals surface area contributed by atoms with Gasteiger partial charge in [0, 0.05) is 40.3 Å². The molecule has 1 aromatic carbocycles. The molecule has 0 spiro atoms. The van der Waals surface area contributed by atoms with E-state index in [1.807, 2.05) is 35.2 Å². The number of amides is 2. The summed E-state index contributed by atoms with van der Waals surface area (Å²) < 4.78 is 23.7. The van der Waals surface area contributed by atoms with Gasteiger partial charge in [0.1, 0.15) is 6.04 Å². The lowest BCUT2D eigenvalue weighted by atomic mass is 9.95. The Bertz CT molecular complexity index is 796. The van der Waals surface area contributed by atoms with Gasteiger partial charge < -0.3 is 9.80 Å². The van der Waals surface area contributed by atoms with Crippen LogP contribution in [0, 0.1) is 5.92 Å². The van der Waals surface area contributed by atoms with Crippen molar-refractivity contribution in [3.8, 4) is 0 Å². The number of sulfone groups is 1. The number of rotatable bonds is 4. The van der Waals surface area contributed by atoms with Crippen molar-refractivity contribution in [1.29, 1.82) is 0 Å². The highest BCUT2D eigenvalue weighted by atomic mass is 32.2. The molecule has 0 saturated carbocycles. The Labute approximate surface area is 167 Å². The molecule has 2 saturated heterocycles. The number of likely N-dealkylation sites (tertiary alicyclic amines) is 1. The largest absolute Gasteiger partial charge is 0.349 e. The molecule has 2 unspecified atom stereocenters. The topological polar surface area (TPSA) is 78.0 Å². The fourth-order valence-electron chi connectivity index (χ4n) is 4.05. The summed E-state index contributed by atoms with van der Waals surface area (Å²) in [5.41, 5.74) is 0.868. The third-order valence-corrected chi connectivity index (χ3v) is 7.23. The molecule has 0 N–H and O–H groups in total. The first-order chi connectivity index (χ1) is 13.3. The van der Waals surface area contributed by atoms with Crippen LogP contribution in [0.1, 0.15) is 24.4 Å². The Kier molecular flexibility index (Phi) is 6.40. The zero-order chi connectivity index (χ0) is 20.3. The Morgan fingerprint density at radius 3 is 2.32 bits per heavy atom. The third kappa shape index (κ3) is 4.72. The predicted molar refractivity (Wildman–Crippen MR) is 107 cm³/mol. The summed E-state index contributed by atoms with van der Waals surface area (Å²) >= 11 is 0. The van der Waals surface area contributed by atoms with Gasteiger partial charge in [-0.2, -0.15) is 0 Å². The standard InChI is InChI=1S/C20H29N3O4S/c1-21(2)19(24)17-9-6-10-23(15-17)20(25)18(16-7-4-3-5-8-16)22-11-13-28(26,27)14-12-22/h3-5,7-8,17-18H,6,9-15H2,1-2H3. The lowest BCUT2D eigenvalue weighted by Crippen LogP contribution is -2.52. The molecule has 1 aromatic rings. The average molecular weight is 408 g/mol. The van der Waals surface area contributed by atoms with E-state index in [4.69, 9.17) is 0 Å². The minimum atomic E-state index is -3.03. The van der Waals surface area contributed by atoms with Gasteiger partial charge >= 0.3 is 0 Å². The summed E-state index contributed by atoms with van der Waals surface area (Å²) in [7, 11) is 0.452. The molecule has 0 aromatic heterocycles. The van der Waals surface area contributed by atoms with Crippen LogP contribution in [0.2, 0.25) is 0 Å². The summed E-state index contributed by atoms with van der Waals surface area (Å²) in [6.07, 6.45) is 1.59. The van der Waals surface area contributed by atoms with Crippen molar-refractivity contribution in [3.05, 3.63) is 35.9 Å². The molecular formula is C20H29N3O4S. The molecule has 154 valence electrons. The van der Waals surface area contributed by atoms with Gasteiger partial charge in [0.05, 0.1) is 17.4 Å². The van der Waals surface area contributed by atoms with Crippen LogP contribution in [0.5, 0.6) is 0 Å². The fraction of sp³-hybridized carbons (Fsp3) is 0.600. The van der Waals surface area contributed by atoms with Gasteiger partial charge in [-0.1, -0.05) is 30.3 Å². The number of benzene rings is 1. The number of carbonyl (C=O) groups excluding carboxylic acids is 2. The van der Waals surface area contributed by atoms with Crippen molar-refractivity contribution < 1.29 is 18.0 Å². The molecular weight excluding hydrogens is 378 g/mol. The summed E-state index contributed by atoms with van der Waals surface area (Å²) in [6.45, 7) is 1.75. The normalized spacial score (nSPS) is 23.8. The highest BCUT2D eigenvalue weighted by molar-refractivity contribution is 7.91. The Morgan fingerprint density at radius 2 is 1.71 bits per heavy atom. The van der Waals surface area contributed by atoms with Crippen molar-refractivity contribution >= 4 is 21.7 Å². The van der Waals surface area contributed by atoms with Crippen molar-refractivity contribution in [2.45, 2.75) is 18.9 Å². The maximum absolute atomic E-state index is 13.5. The van der Waals surface area contributed by atoms with E-state index in [1.54, 1.807) is 23.9 Å². The number of carbonyl (C=O) groups is 2. The van der Waals surface area contributed by atoms with Crippen LogP contribution in [0.3, 0.4) is 0 Å². The van der Waals surface area contributed by atoms with Crippen LogP contribution in [0.25, 0.3) is 0 Å². The van der Waals surface area contributed by atoms with Gasteiger partial charge in [-0.15, -0.1) is 0 Å². The maximum atomic E-state index is 13.5. The van der Waals surface area contributed by atoms with Crippen LogP contribution in [0.4, 0.5) is 0 Å². The Balaban J connectivity index is 1.82. The molecule has 0 bridgehead atoms. The highest BCUT2D eigenvalue weighted by Crippen LogP contribution is 2.28. The van der Waals surface area contributed by atoms with Crippen LogP contribution >= 0.6 is 0 Å². The minimum absolute atomic E-state index is 0.0400. The van der Waals surface area contributed by atoms with E-state index in [0.717, 1.165) is 18.4 Å². The van der Waals surface area contributed by atoms with Crippen LogP contribution in [-0.2, 0) is 19.4 Å². The van der Waals surface area contributed by atoms with Crippen LogP contribution < -0.4 is 0 Å². The van der Waals surface area contributed by atoms with Gasteiger partial charge in [-0.05, 0) is 18.4 Å². The van der Waals surface area contributed by atoms with E-state index in [2.05, 4.69) is 0 Å². The van der Waals surface area contributed by atoms with Crippen LogP contribution in [-0.4, -0.2) is 86.7 Å². The first-order valence-electron chi connectivity index (χ1n) is 9.78. The van der Waals surface area contributed by atoms with E-state index in [9.17, 15) is 18.0 Å². The molecule has 8 heteroatoms. The first-order valence-corrected chi connectivity index (χ1v) is 11.6. The van der Waals surface area contributed by atoms with Gasteiger partial charge in [-0.3, -0.25) is 14.5 Å². The molecule has 0 aliphatic carbocycles. The molecule has 3 rings (SSSR count). The Hall–Kier alpha value is -1.93. The van der Waals surface area contributed by atoms with Crippen molar-refractivity contribution in [2.75, 3.05) is 51.8 Å². The number of piperidine rings is 1. The third-order valence-electron chi connectivity index (χ3n) is 5.62. The fourth-order valence-corrected chi connectivity index (χ4v) is 5.28. The second-order valence-corrected chi connectivity index (χ2v) is 10.2. The SMILES string of the molecule is CN(C)C(=O)C1CCCN(C(=O)C(c2ccccc2)N2CCS(=O)(=O)CC2)C1. The molecule has 7 nitrogen and oxygen atoms in total. The van der Waals surface area contributed by atoms with Gasteiger partial charge in [-0.25, -0.2) is 8.42 Å².